The van der Waals surface area contributed by atoms with E-state index in [-0.39, 0.29) is 0 Å². The minimum absolute atomic E-state index is 0.579. The van der Waals surface area contributed by atoms with Crippen molar-refractivity contribution < 1.29 is 0 Å². The second kappa shape index (κ2) is 7.09. The summed E-state index contributed by atoms with van der Waals surface area (Å²) in [5.41, 5.74) is 5.55. The van der Waals surface area contributed by atoms with Crippen molar-refractivity contribution in [3.05, 3.63) is 21.8 Å². The van der Waals surface area contributed by atoms with Gasteiger partial charge >= 0.3 is 0 Å². The van der Waals surface area contributed by atoms with Crippen molar-refractivity contribution in [3.8, 4) is 0 Å². The molecule has 1 aromatic rings. The molecule has 3 N–H and O–H groups in total. The molecule has 0 radical (unpaired) electrons. The molecule has 1 atom stereocenters. The molecule has 0 saturated carbocycles. The highest BCUT2D eigenvalue weighted by atomic mass is 79.9. The Bertz CT molecular complexity index is 333. The smallest absolute Gasteiger partial charge is 0.144 e. The minimum atomic E-state index is 0.579. The van der Waals surface area contributed by atoms with Crippen LogP contribution in [0.5, 0.6) is 0 Å². The predicted molar refractivity (Wildman–Crippen MR) is 72.9 cm³/mol. The molecule has 0 spiro atoms. The maximum Gasteiger partial charge on any atom is 0.144 e. The van der Waals surface area contributed by atoms with Crippen LogP contribution in [0.4, 0.5) is 5.82 Å². The SMILES string of the molecule is CC(CN)CCCNc1ncc(Br)cc1Cl. The first-order chi connectivity index (χ1) is 7.63. The van der Waals surface area contributed by atoms with Gasteiger partial charge in [-0.1, -0.05) is 18.5 Å². The summed E-state index contributed by atoms with van der Waals surface area (Å²) in [6.07, 6.45) is 3.93. The normalized spacial score (nSPS) is 12.5. The molecule has 0 saturated heterocycles. The molecule has 90 valence electrons. The number of aromatic nitrogens is 1. The molecule has 0 bridgehead atoms. The lowest BCUT2D eigenvalue weighted by Gasteiger charge is -2.10. The van der Waals surface area contributed by atoms with Crippen molar-refractivity contribution in [1.82, 2.24) is 4.98 Å². The second-order valence-electron chi connectivity index (χ2n) is 3.89. The number of halogens is 2. The maximum atomic E-state index is 6.02. The molecule has 1 heterocycles. The van der Waals surface area contributed by atoms with Gasteiger partial charge in [0.05, 0.1) is 5.02 Å². The van der Waals surface area contributed by atoms with Gasteiger partial charge in [0.2, 0.25) is 0 Å². The summed E-state index contributed by atoms with van der Waals surface area (Å²) >= 11 is 9.34. The van der Waals surface area contributed by atoms with E-state index in [0.717, 1.165) is 36.2 Å². The molecule has 3 nitrogen and oxygen atoms in total. The molecule has 0 fully saturated rings. The lowest BCUT2D eigenvalue weighted by atomic mass is 10.1. The lowest BCUT2D eigenvalue weighted by molar-refractivity contribution is 0.529. The second-order valence-corrected chi connectivity index (χ2v) is 5.22. The quantitative estimate of drug-likeness (QED) is 0.793. The number of anilines is 1. The Morgan fingerprint density at radius 2 is 2.38 bits per heavy atom. The Kier molecular flexibility index (Phi) is 6.09. The summed E-state index contributed by atoms with van der Waals surface area (Å²) in [6, 6.07) is 1.83. The fourth-order valence-electron chi connectivity index (χ4n) is 1.32. The number of pyridine rings is 1. The Balaban J connectivity index is 2.32. The molecule has 5 heteroatoms. The fourth-order valence-corrected chi connectivity index (χ4v) is 2.02. The van der Waals surface area contributed by atoms with E-state index < -0.39 is 0 Å². The molecule has 0 aliphatic rings. The zero-order chi connectivity index (χ0) is 12.0. The van der Waals surface area contributed by atoms with Crippen molar-refractivity contribution in [2.75, 3.05) is 18.4 Å². The fraction of sp³-hybridized carbons (Fsp3) is 0.545. The maximum absolute atomic E-state index is 6.02. The summed E-state index contributed by atoms with van der Waals surface area (Å²) in [4.78, 5) is 4.20. The van der Waals surface area contributed by atoms with Gasteiger partial charge in [-0.3, -0.25) is 0 Å². The van der Waals surface area contributed by atoms with Gasteiger partial charge in [0.1, 0.15) is 5.82 Å². The highest BCUT2D eigenvalue weighted by Gasteiger charge is 2.02. The van der Waals surface area contributed by atoms with Crippen LogP contribution in [-0.4, -0.2) is 18.1 Å². The lowest BCUT2D eigenvalue weighted by Crippen LogP contribution is -2.12. The Morgan fingerprint density at radius 3 is 3.00 bits per heavy atom. The largest absolute Gasteiger partial charge is 0.369 e. The zero-order valence-corrected chi connectivity index (χ0v) is 11.7. The van der Waals surface area contributed by atoms with Gasteiger partial charge in [-0.2, -0.15) is 0 Å². The summed E-state index contributed by atoms with van der Waals surface area (Å²) < 4.78 is 0.889. The first-order valence-corrected chi connectivity index (χ1v) is 6.55. The first kappa shape index (κ1) is 13.7. The third kappa shape index (κ3) is 4.68. The van der Waals surface area contributed by atoms with Crippen molar-refractivity contribution in [2.24, 2.45) is 11.7 Å². The van der Waals surface area contributed by atoms with Gasteiger partial charge in [-0.05, 0) is 47.3 Å². The van der Waals surface area contributed by atoms with E-state index in [4.69, 9.17) is 17.3 Å². The zero-order valence-electron chi connectivity index (χ0n) is 9.34. The predicted octanol–water partition coefficient (Wildman–Crippen LogP) is 3.28. The molecule has 0 amide bonds. The minimum Gasteiger partial charge on any atom is -0.369 e. The summed E-state index contributed by atoms with van der Waals surface area (Å²) in [5, 5.41) is 3.85. The number of nitrogens with two attached hydrogens (primary N) is 1. The van der Waals surface area contributed by atoms with E-state index in [1.807, 2.05) is 6.07 Å². The Labute approximate surface area is 110 Å². The summed E-state index contributed by atoms with van der Waals surface area (Å²) in [7, 11) is 0. The van der Waals surface area contributed by atoms with Gasteiger partial charge in [-0.25, -0.2) is 4.98 Å². The van der Waals surface area contributed by atoms with Crippen LogP contribution < -0.4 is 11.1 Å². The van der Waals surface area contributed by atoms with E-state index in [0.29, 0.717) is 10.9 Å². The van der Waals surface area contributed by atoms with Crippen molar-refractivity contribution >= 4 is 33.3 Å². The number of nitrogens with one attached hydrogen (secondary N) is 1. The average molecular weight is 307 g/mol. The van der Waals surface area contributed by atoms with Crippen LogP contribution in [0.3, 0.4) is 0 Å². The van der Waals surface area contributed by atoms with E-state index in [9.17, 15) is 0 Å². The molecule has 16 heavy (non-hydrogen) atoms. The summed E-state index contributed by atoms with van der Waals surface area (Å²) in [6.45, 7) is 3.78. The third-order valence-corrected chi connectivity index (χ3v) is 3.10. The first-order valence-electron chi connectivity index (χ1n) is 5.38. The molecule has 1 rings (SSSR count). The van der Waals surface area contributed by atoms with Crippen molar-refractivity contribution in [3.63, 3.8) is 0 Å². The molecular formula is C11H17BrClN3. The topological polar surface area (TPSA) is 50.9 Å². The molecule has 1 aromatic heterocycles. The van der Waals surface area contributed by atoms with Crippen LogP contribution in [0.2, 0.25) is 5.02 Å². The van der Waals surface area contributed by atoms with E-state index in [1.165, 1.54) is 0 Å². The van der Waals surface area contributed by atoms with Crippen molar-refractivity contribution in [1.29, 1.82) is 0 Å². The molecule has 0 aromatic carbocycles. The Morgan fingerprint density at radius 1 is 1.62 bits per heavy atom. The van der Waals surface area contributed by atoms with Crippen molar-refractivity contribution in [2.45, 2.75) is 19.8 Å². The van der Waals surface area contributed by atoms with Gasteiger partial charge < -0.3 is 11.1 Å². The van der Waals surface area contributed by atoms with E-state index >= 15 is 0 Å². The number of hydrogen-bond acceptors (Lipinski definition) is 3. The van der Waals surface area contributed by atoms with Gasteiger partial charge in [0.25, 0.3) is 0 Å². The number of nitrogens with zero attached hydrogens (tertiary/aromatic N) is 1. The van der Waals surface area contributed by atoms with Crippen LogP contribution in [0.25, 0.3) is 0 Å². The van der Waals surface area contributed by atoms with E-state index in [2.05, 4.69) is 33.2 Å². The molecule has 1 unspecified atom stereocenters. The third-order valence-electron chi connectivity index (χ3n) is 2.38. The highest BCUT2D eigenvalue weighted by molar-refractivity contribution is 9.10. The van der Waals surface area contributed by atoms with Crippen LogP contribution in [-0.2, 0) is 0 Å². The van der Waals surface area contributed by atoms with Gasteiger partial charge in [0, 0.05) is 17.2 Å². The van der Waals surface area contributed by atoms with Crippen LogP contribution >= 0.6 is 27.5 Å². The van der Waals surface area contributed by atoms with Crippen LogP contribution in [0.15, 0.2) is 16.7 Å². The van der Waals surface area contributed by atoms with Gasteiger partial charge in [0.15, 0.2) is 0 Å². The molecule has 0 aliphatic heterocycles. The van der Waals surface area contributed by atoms with Crippen LogP contribution in [0.1, 0.15) is 19.8 Å². The summed E-state index contributed by atoms with van der Waals surface area (Å²) in [5.74, 6) is 1.32. The molecule has 0 aliphatic carbocycles. The van der Waals surface area contributed by atoms with Gasteiger partial charge in [-0.15, -0.1) is 0 Å². The number of rotatable bonds is 6. The van der Waals surface area contributed by atoms with E-state index in [1.54, 1.807) is 6.20 Å². The Hall–Kier alpha value is -0.320. The van der Waals surface area contributed by atoms with Crippen LogP contribution in [0, 0.1) is 5.92 Å². The number of hydrogen-bond donors (Lipinski definition) is 2. The molecular weight excluding hydrogens is 289 g/mol. The highest BCUT2D eigenvalue weighted by Crippen LogP contribution is 2.22. The standard InChI is InChI=1S/C11H17BrClN3/c1-8(6-14)3-2-4-15-11-10(13)5-9(12)7-16-11/h5,7-8H,2-4,6,14H2,1H3,(H,15,16). The monoisotopic (exact) mass is 305 g/mol. The average Bonchev–Trinajstić information content (AvgIpc) is 2.26.